The Kier molecular flexibility index (Phi) is 4.54. The number of carbonyl (C=O) groups is 1. The van der Waals surface area contributed by atoms with Crippen LogP contribution in [0.25, 0.3) is 0 Å². The lowest BCUT2D eigenvalue weighted by atomic mass is 9.82. The molecule has 1 aliphatic heterocycles. The number of nitrogen functional groups attached to an aromatic ring is 2. The fourth-order valence-electron chi connectivity index (χ4n) is 3.93. The maximum atomic E-state index is 11.7. The maximum Gasteiger partial charge on any atom is 0.210 e. The molecule has 2 aromatic carbocycles. The van der Waals surface area contributed by atoms with Crippen molar-refractivity contribution in [1.82, 2.24) is 10.2 Å². The van der Waals surface area contributed by atoms with Crippen LogP contribution in [0.15, 0.2) is 52.3 Å². The van der Waals surface area contributed by atoms with Gasteiger partial charge in [0, 0.05) is 29.4 Å². The fraction of sp³-hybridized carbons (Fsp3) is 0.350. The lowest BCUT2D eigenvalue weighted by Crippen LogP contribution is -2.59. The molecule has 1 heterocycles. The van der Waals surface area contributed by atoms with Gasteiger partial charge in [-0.15, -0.1) is 0 Å². The minimum Gasteiger partial charge on any atom is -0.397 e. The molecule has 1 saturated heterocycles. The Morgan fingerprint density at radius 2 is 1.81 bits per heavy atom. The number of nitrogens with one attached hydrogen (secondary N) is 1. The molecule has 1 aliphatic carbocycles. The molecule has 2 aliphatic rings. The number of benzene rings is 2. The van der Waals surface area contributed by atoms with Crippen LogP contribution in [0.1, 0.15) is 18.4 Å². The lowest BCUT2D eigenvalue weighted by molar-refractivity contribution is -0.127. The maximum absolute atomic E-state index is 11.7. The van der Waals surface area contributed by atoms with Crippen LogP contribution in [-0.2, 0) is 10.3 Å². The summed E-state index contributed by atoms with van der Waals surface area (Å²) in [6.07, 6.45) is 3.40. The number of piperazine rings is 1. The first-order valence-electron chi connectivity index (χ1n) is 8.99. The molecular weight excluding hydrogens is 344 g/mol. The minimum absolute atomic E-state index is 0.200. The Balaban J connectivity index is 1.59. The molecule has 2 aromatic rings. The number of carbonyl (C=O) groups excluding carboxylic acids is 1. The van der Waals surface area contributed by atoms with E-state index in [-0.39, 0.29) is 5.54 Å². The van der Waals surface area contributed by atoms with Crippen LogP contribution in [0.4, 0.5) is 11.4 Å². The zero-order valence-electron chi connectivity index (χ0n) is 14.7. The predicted octanol–water partition coefficient (Wildman–Crippen LogP) is 2.67. The molecule has 0 aromatic heterocycles. The van der Waals surface area contributed by atoms with Gasteiger partial charge in [0.25, 0.3) is 0 Å². The van der Waals surface area contributed by atoms with E-state index in [0.29, 0.717) is 17.3 Å². The van der Waals surface area contributed by atoms with Crippen LogP contribution in [0.2, 0.25) is 0 Å². The Morgan fingerprint density at radius 3 is 2.46 bits per heavy atom. The third kappa shape index (κ3) is 3.04. The molecule has 2 fully saturated rings. The van der Waals surface area contributed by atoms with Crippen molar-refractivity contribution in [2.45, 2.75) is 28.2 Å². The SMILES string of the molecule is Nc1ccc(Sc2ccc(C3(C4CC4)CNCCN3C=O)cc2)cc1N. The number of hydrogen-bond donors (Lipinski definition) is 3. The molecule has 0 bridgehead atoms. The lowest BCUT2D eigenvalue weighted by Gasteiger charge is -2.46. The number of nitrogens with two attached hydrogens (primary N) is 2. The standard InChI is InChI=1S/C20H24N4OS/c21-18-8-7-17(11-19(18)22)26-16-5-3-15(4-6-16)20(14-1-2-14)12-23-9-10-24(20)13-25/h3-8,11,13-14,23H,1-2,9-10,12,21-22H2. The van der Waals surface area contributed by atoms with Gasteiger partial charge in [-0.1, -0.05) is 23.9 Å². The van der Waals surface area contributed by atoms with Gasteiger partial charge in [-0.25, -0.2) is 0 Å². The van der Waals surface area contributed by atoms with Crippen molar-refractivity contribution < 1.29 is 4.79 Å². The summed E-state index contributed by atoms with van der Waals surface area (Å²) in [7, 11) is 0. The molecule has 1 atom stereocenters. The van der Waals surface area contributed by atoms with E-state index >= 15 is 0 Å². The summed E-state index contributed by atoms with van der Waals surface area (Å²) in [6.45, 7) is 2.46. The monoisotopic (exact) mass is 368 g/mol. The van der Waals surface area contributed by atoms with E-state index in [1.54, 1.807) is 11.8 Å². The van der Waals surface area contributed by atoms with Crippen LogP contribution in [0.3, 0.4) is 0 Å². The van der Waals surface area contributed by atoms with Gasteiger partial charge in [0.2, 0.25) is 6.41 Å². The minimum atomic E-state index is -0.200. The molecule has 1 unspecified atom stereocenters. The molecule has 6 heteroatoms. The molecule has 5 nitrogen and oxygen atoms in total. The molecule has 0 spiro atoms. The van der Waals surface area contributed by atoms with Gasteiger partial charge < -0.3 is 21.7 Å². The number of nitrogens with zero attached hydrogens (tertiary/aromatic N) is 1. The van der Waals surface area contributed by atoms with Crippen molar-refractivity contribution in [1.29, 1.82) is 0 Å². The van der Waals surface area contributed by atoms with E-state index < -0.39 is 0 Å². The number of anilines is 2. The second kappa shape index (κ2) is 6.85. The highest BCUT2D eigenvalue weighted by Crippen LogP contribution is 2.49. The molecular formula is C20H24N4OS. The first kappa shape index (κ1) is 17.2. The average molecular weight is 369 g/mol. The van der Waals surface area contributed by atoms with Crippen molar-refractivity contribution in [3.8, 4) is 0 Å². The quantitative estimate of drug-likeness (QED) is 0.558. The van der Waals surface area contributed by atoms with Crippen LogP contribution in [0.5, 0.6) is 0 Å². The van der Waals surface area contributed by atoms with E-state index in [2.05, 4.69) is 29.6 Å². The molecule has 4 rings (SSSR count). The van der Waals surface area contributed by atoms with E-state index in [1.165, 1.54) is 18.4 Å². The molecule has 136 valence electrons. The van der Waals surface area contributed by atoms with Crippen LogP contribution in [-0.4, -0.2) is 30.9 Å². The van der Waals surface area contributed by atoms with Gasteiger partial charge >= 0.3 is 0 Å². The van der Waals surface area contributed by atoms with Gasteiger partial charge in [-0.2, -0.15) is 0 Å². The van der Waals surface area contributed by atoms with Crippen LogP contribution < -0.4 is 16.8 Å². The van der Waals surface area contributed by atoms with Crippen molar-refractivity contribution in [2.75, 3.05) is 31.1 Å². The van der Waals surface area contributed by atoms with Crippen molar-refractivity contribution in [3.63, 3.8) is 0 Å². The normalized spacial score (nSPS) is 23.0. The average Bonchev–Trinajstić information content (AvgIpc) is 3.51. The summed E-state index contributed by atoms with van der Waals surface area (Å²) in [4.78, 5) is 15.9. The third-order valence-corrected chi connectivity index (χ3v) is 6.46. The number of rotatable bonds is 5. The molecule has 26 heavy (non-hydrogen) atoms. The second-order valence-corrected chi connectivity index (χ2v) is 8.24. The largest absolute Gasteiger partial charge is 0.397 e. The van der Waals surface area contributed by atoms with Gasteiger partial charge in [0.05, 0.1) is 16.9 Å². The summed E-state index contributed by atoms with van der Waals surface area (Å²) in [5.74, 6) is 0.552. The first-order chi connectivity index (χ1) is 12.6. The third-order valence-electron chi connectivity index (χ3n) is 5.46. The molecule has 1 saturated carbocycles. The van der Waals surface area contributed by atoms with E-state index in [4.69, 9.17) is 11.5 Å². The Hall–Kier alpha value is -2.18. The zero-order valence-corrected chi connectivity index (χ0v) is 15.5. The fourth-order valence-corrected chi connectivity index (χ4v) is 4.80. The van der Waals surface area contributed by atoms with Crippen molar-refractivity contribution >= 4 is 29.5 Å². The summed E-state index contributed by atoms with van der Waals surface area (Å²) in [5.41, 5.74) is 13.9. The smallest absolute Gasteiger partial charge is 0.210 e. The summed E-state index contributed by atoms with van der Waals surface area (Å²) in [5, 5.41) is 3.49. The van der Waals surface area contributed by atoms with Gasteiger partial charge in [0.15, 0.2) is 0 Å². The van der Waals surface area contributed by atoms with E-state index in [9.17, 15) is 4.79 Å². The van der Waals surface area contributed by atoms with Crippen molar-refractivity contribution in [3.05, 3.63) is 48.0 Å². The van der Waals surface area contributed by atoms with Gasteiger partial charge in [0.1, 0.15) is 0 Å². The Labute approximate surface area is 158 Å². The van der Waals surface area contributed by atoms with Gasteiger partial charge in [-0.05, 0) is 54.7 Å². The summed E-state index contributed by atoms with van der Waals surface area (Å²) >= 11 is 1.66. The summed E-state index contributed by atoms with van der Waals surface area (Å²) in [6, 6.07) is 14.3. The highest BCUT2D eigenvalue weighted by atomic mass is 32.2. The van der Waals surface area contributed by atoms with E-state index in [1.807, 2.05) is 23.1 Å². The highest BCUT2D eigenvalue weighted by molar-refractivity contribution is 7.99. The topological polar surface area (TPSA) is 84.4 Å². The predicted molar refractivity (Wildman–Crippen MR) is 106 cm³/mol. The van der Waals surface area contributed by atoms with Crippen LogP contribution >= 0.6 is 11.8 Å². The number of hydrogen-bond acceptors (Lipinski definition) is 5. The zero-order chi connectivity index (χ0) is 18.1. The first-order valence-corrected chi connectivity index (χ1v) is 9.81. The molecule has 1 amide bonds. The van der Waals surface area contributed by atoms with E-state index in [0.717, 1.165) is 35.8 Å². The highest BCUT2D eigenvalue weighted by Gasteiger charge is 2.51. The van der Waals surface area contributed by atoms with Crippen LogP contribution in [0, 0.1) is 5.92 Å². The number of amides is 1. The van der Waals surface area contributed by atoms with Crippen molar-refractivity contribution in [2.24, 2.45) is 5.92 Å². The summed E-state index contributed by atoms with van der Waals surface area (Å²) < 4.78 is 0. The molecule has 0 radical (unpaired) electrons. The Morgan fingerprint density at radius 1 is 1.08 bits per heavy atom. The van der Waals surface area contributed by atoms with Gasteiger partial charge in [-0.3, -0.25) is 4.79 Å². The Bertz CT molecular complexity index is 806. The molecule has 5 N–H and O–H groups in total. The second-order valence-electron chi connectivity index (χ2n) is 7.09.